The summed E-state index contributed by atoms with van der Waals surface area (Å²) in [7, 11) is 0. The summed E-state index contributed by atoms with van der Waals surface area (Å²) >= 11 is 1.72. The third kappa shape index (κ3) is 3.85. The van der Waals surface area contributed by atoms with Gasteiger partial charge in [-0.3, -0.25) is 4.99 Å². The van der Waals surface area contributed by atoms with Crippen LogP contribution in [0.1, 0.15) is 35.6 Å². The number of amidine groups is 1. The van der Waals surface area contributed by atoms with Crippen molar-refractivity contribution in [3.05, 3.63) is 71.8 Å². The number of rotatable bonds is 3. The smallest absolute Gasteiger partial charge is 0.162 e. The van der Waals surface area contributed by atoms with E-state index < -0.39 is 5.72 Å². The number of nitrogens with zero attached hydrogens (tertiary/aromatic N) is 2. The lowest BCUT2D eigenvalue weighted by Gasteiger charge is -2.38. The molecule has 26 heavy (non-hydrogen) atoms. The molecule has 5 heteroatoms. The van der Waals surface area contributed by atoms with E-state index in [1.807, 2.05) is 24.3 Å². The zero-order valence-corrected chi connectivity index (χ0v) is 17.3. The summed E-state index contributed by atoms with van der Waals surface area (Å²) in [6.45, 7) is 1.74. The lowest BCUT2D eigenvalue weighted by atomic mass is 9.93. The fourth-order valence-electron chi connectivity index (χ4n) is 3.76. The molecule has 2 unspecified atom stereocenters. The van der Waals surface area contributed by atoms with Gasteiger partial charge in [0.15, 0.2) is 10.9 Å². The monoisotopic (exact) mass is 432 g/mol. The first-order chi connectivity index (χ1) is 12.3. The van der Waals surface area contributed by atoms with Crippen molar-refractivity contribution in [1.29, 1.82) is 0 Å². The van der Waals surface area contributed by atoms with Gasteiger partial charge in [0, 0.05) is 19.5 Å². The summed E-state index contributed by atoms with van der Waals surface area (Å²) in [5, 5.41) is 12.9. The van der Waals surface area contributed by atoms with Gasteiger partial charge in [-0.25, -0.2) is 0 Å². The molecule has 138 valence electrons. The first-order valence-electron chi connectivity index (χ1n) is 9.07. The van der Waals surface area contributed by atoms with Crippen LogP contribution in [0.3, 0.4) is 0 Å². The van der Waals surface area contributed by atoms with Crippen molar-refractivity contribution < 1.29 is 5.11 Å². The van der Waals surface area contributed by atoms with Crippen LogP contribution in [0.25, 0.3) is 0 Å². The van der Waals surface area contributed by atoms with Crippen LogP contribution in [0.2, 0.25) is 0 Å². The third-order valence-electron chi connectivity index (χ3n) is 5.04. The zero-order chi connectivity index (χ0) is 17.1. The van der Waals surface area contributed by atoms with E-state index in [0.717, 1.165) is 36.7 Å². The zero-order valence-electron chi connectivity index (χ0n) is 14.8. The van der Waals surface area contributed by atoms with Crippen LogP contribution in [-0.2, 0) is 6.42 Å². The fourth-order valence-corrected chi connectivity index (χ4v) is 5.21. The molecule has 0 amide bonds. The van der Waals surface area contributed by atoms with Gasteiger partial charge in [-0.15, -0.1) is 17.0 Å². The SMILES string of the molecule is Br.OC1(Cc2ccccc2)C(c2ccccc2)SC2=NCCCCCN21. The Hall–Kier alpha value is -1.30. The molecule has 0 aliphatic carbocycles. The average molecular weight is 433 g/mol. The van der Waals surface area contributed by atoms with Crippen LogP contribution in [0, 0.1) is 0 Å². The maximum absolute atomic E-state index is 11.9. The van der Waals surface area contributed by atoms with Gasteiger partial charge in [-0.1, -0.05) is 72.4 Å². The highest BCUT2D eigenvalue weighted by Crippen LogP contribution is 2.50. The minimum atomic E-state index is -0.941. The molecule has 2 aliphatic heterocycles. The topological polar surface area (TPSA) is 35.8 Å². The molecule has 2 aromatic carbocycles. The van der Waals surface area contributed by atoms with E-state index in [2.05, 4.69) is 41.3 Å². The Morgan fingerprint density at radius 1 is 1.00 bits per heavy atom. The van der Waals surface area contributed by atoms with Gasteiger partial charge in [0.25, 0.3) is 0 Å². The molecule has 0 saturated carbocycles. The average Bonchev–Trinajstić information content (AvgIpc) is 2.87. The number of halogens is 1. The molecular weight excluding hydrogens is 408 g/mol. The van der Waals surface area contributed by atoms with E-state index >= 15 is 0 Å². The molecular formula is C21H25BrN2OS. The van der Waals surface area contributed by atoms with Gasteiger partial charge < -0.3 is 10.0 Å². The van der Waals surface area contributed by atoms with E-state index in [0.29, 0.717) is 6.42 Å². The fraction of sp³-hybridized carbons (Fsp3) is 0.381. The van der Waals surface area contributed by atoms with Crippen molar-refractivity contribution in [3.8, 4) is 0 Å². The maximum atomic E-state index is 11.9. The Balaban J connectivity index is 0.00000196. The first-order valence-corrected chi connectivity index (χ1v) is 9.95. The molecule has 0 spiro atoms. The van der Waals surface area contributed by atoms with Crippen molar-refractivity contribution in [2.45, 2.75) is 36.7 Å². The molecule has 3 nitrogen and oxygen atoms in total. The number of thioether (sulfide) groups is 1. The molecule has 2 aliphatic rings. The Bertz CT molecular complexity index is 740. The predicted molar refractivity (Wildman–Crippen MR) is 115 cm³/mol. The predicted octanol–water partition coefficient (Wildman–Crippen LogP) is 4.83. The summed E-state index contributed by atoms with van der Waals surface area (Å²) in [6.07, 6.45) is 4.04. The highest BCUT2D eigenvalue weighted by molar-refractivity contribution is 8.93. The number of hydrogen-bond acceptors (Lipinski definition) is 4. The number of hydrogen-bond donors (Lipinski definition) is 1. The van der Waals surface area contributed by atoms with E-state index in [9.17, 15) is 5.11 Å². The van der Waals surface area contributed by atoms with Crippen LogP contribution in [0.4, 0.5) is 0 Å². The van der Waals surface area contributed by atoms with Gasteiger partial charge in [-0.2, -0.15) is 0 Å². The second-order valence-electron chi connectivity index (χ2n) is 6.83. The van der Waals surface area contributed by atoms with Crippen molar-refractivity contribution in [1.82, 2.24) is 4.90 Å². The van der Waals surface area contributed by atoms with E-state index in [1.165, 1.54) is 12.0 Å². The summed E-state index contributed by atoms with van der Waals surface area (Å²) in [5.41, 5.74) is 1.39. The van der Waals surface area contributed by atoms with E-state index in [1.54, 1.807) is 11.8 Å². The highest BCUT2D eigenvalue weighted by atomic mass is 79.9. The molecule has 1 saturated heterocycles. The normalized spacial score (nSPS) is 25.5. The third-order valence-corrected chi connectivity index (χ3v) is 6.48. The van der Waals surface area contributed by atoms with Crippen LogP contribution in [-0.4, -0.2) is 34.0 Å². The second kappa shape index (κ2) is 8.59. The highest BCUT2D eigenvalue weighted by Gasteiger charge is 2.51. The first kappa shape index (κ1) is 19.5. The summed E-state index contributed by atoms with van der Waals surface area (Å²) in [5.74, 6) is 0. The number of fused-ring (bicyclic) bond motifs is 1. The Labute approximate surface area is 170 Å². The maximum Gasteiger partial charge on any atom is 0.162 e. The molecule has 1 N–H and O–H groups in total. The minimum absolute atomic E-state index is 0. The Kier molecular flexibility index (Phi) is 6.43. The molecule has 0 aromatic heterocycles. The van der Waals surface area contributed by atoms with E-state index in [-0.39, 0.29) is 22.2 Å². The summed E-state index contributed by atoms with van der Waals surface area (Å²) < 4.78 is 0. The number of benzene rings is 2. The van der Waals surface area contributed by atoms with Gasteiger partial charge in [0.05, 0.1) is 5.25 Å². The molecule has 1 fully saturated rings. The van der Waals surface area contributed by atoms with Crippen LogP contribution < -0.4 is 0 Å². The lowest BCUT2D eigenvalue weighted by molar-refractivity contribution is -0.0649. The number of aliphatic hydroxyl groups is 1. The van der Waals surface area contributed by atoms with Gasteiger partial charge in [0.1, 0.15) is 0 Å². The van der Waals surface area contributed by atoms with E-state index in [4.69, 9.17) is 4.99 Å². The second-order valence-corrected chi connectivity index (χ2v) is 7.90. The molecule has 4 rings (SSSR count). The lowest BCUT2D eigenvalue weighted by Crippen LogP contribution is -2.51. The van der Waals surface area contributed by atoms with Crippen molar-refractivity contribution in [2.75, 3.05) is 13.1 Å². The van der Waals surface area contributed by atoms with Gasteiger partial charge in [-0.05, 0) is 30.4 Å². The van der Waals surface area contributed by atoms with Crippen LogP contribution >= 0.6 is 28.7 Å². The van der Waals surface area contributed by atoms with Crippen molar-refractivity contribution >= 4 is 33.9 Å². The van der Waals surface area contributed by atoms with Crippen molar-refractivity contribution in [2.24, 2.45) is 4.99 Å². The Morgan fingerprint density at radius 2 is 1.69 bits per heavy atom. The molecule has 2 heterocycles. The minimum Gasteiger partial charge on any atom is -0.369 e. The Morgan fingerprint density at radius 3 is 2.42 bits per heavy atom. The molecule has 0 bridgehead atoms. The van der Waals surface area contributed by atoms with Crippen molar-refractivity contribution in [3.63, 3.8) is 0 Å². The van der Waals surface area contributed by atoms with Gasteiger partial charge >= 0.3 is 0 Å². The molecule has 0 radical (unpaired) electrons. The summed E-state index contributed by atoms with van der Waals surface area (Å²) in [6, 6.07) is 20.7. The molecule has 2 aromatic rings. The standard InChI is InChI=1S/C21H24N2OS.BrH/c24-21(16-17-10-4-1-5-11-17)19(18-12-6-2-7-13-18)25-20-22-14-8-3-9-15-23(20)21;/h1-2,4-7,10-13,19,24H,3,8-9,14-16H2;1H. The van der Waals surface area contributed by atoms with Crippen LogP contribution in [0.15, 0.2) is 65.7 Å². The number of aliphatic imine (C=N–C) groups is 1. The van der Waals surface area contributed by atoms with Gasteiger partial charge in [0.2, 0.25) is 0 Å². The molecule has 2 atom stereocenters. The largest absolute Gasteiger partial charge is 0.369 e. The van der Waals surface area contributed by atoms with Crippen LogP contribution in [0.5, 0.6) is 0 Å². The quantitative estimate of drug-likeness (QED) is 0.754. The summed E-state index contributed by atoms with van der Waals surface area (Å²) in [4.78, 5) is 6.97.